The van der Waals surface area contributed by atoms with Gasteiger partial charge >= 0.3 is 5.97 Å². The molecule has 1 heterocycles. The lowest BCUT2D eigenvalue weighted by Crippen LogP contribution is -2.32. The molecule has 0 saturated carbocycles. The molecule has 0 amide bonds. The van der Waals surface area contributed by atoms with Crippen molar-refractivity contribution in [3.05, 3.63) is 80.2 Å². The monoisotopic (exact) mass is 624 g/mol. The van der Waals surface area contributed by atoms with E-state index in [2.05, 4.69) is 0 Å². The Morgan fingerprint density at radius 3 is 2.14 bits per heavy atom. The fourth-order valence-corrected chi connectivity index (χ4v) is 8.61. The Kier molecular flexibility index (Phi) is 6.19. The maximum Gasteiger partial charge on any atom is 0.336 e. The zero-order valence-electron chi connectivity index (χ0n) is 24.5. The Morgan fingerprint density at radius 2 is 1.53 bits per heavy atom. The molecule has 2 atom stereocenters. The molecule has 0 saturated heterocycles. The van der Waals surface area contributed by atoms with Crippen molar-refractivity contribution in [2.24, 2.45) is 11.3 Å². The summed E-state index contributed by atoms with van der Waals surface area (Å²) in [4.78, 5) is 11.4. The standard InChI is InChI=1S/C32H32O9S2/c1-15-11-20-24(32(15,5)6)13-22-25(17-9-7-8-10-18(17)30(33)34)21-12-19-16(2)31(3,4)14-23(19)29(43(38,39)40)26(21)41-27(22)28(20)42(35,36)37/h7-13,15-16H,14H2,1-6H3,(H,33,34)(H,35,36,37)(H,38,39,40). The van der Waals surface area contributed by atoms with E-state index in [0.717, 1.165) is 0 Å². The van der Waals surface area contributed by atoms with Gasteiger partial charge in [-0.3, -0.25) is 9.11 Å². The van der Waals surface area contributed by atoms with Gasteiger partial charge in [0.1, 0.15) is 9.79 Å². The second-order valence-electron chi connectivity index (χ2n) is 13.0. The summed E-state index contributed by atoms with van der Waals surface area (Å²) in [7, 11) is -9.90. The Hall–Kier alpha value is -3.51. The van der Waals surface area contributed by atoms with Crippen LogP contribution in [0.5, 0.6) is 11.5 Å². The van der Waals surface area contributed by atoms with Gasteiger partial charge in [0, 0.05) is 16.4 Å². The first-order chi connectivity index (χ1) is 19.8. The van der Waals surface area contributed by atoms with Gasteiger partial charge in [0.15, 0.2) is 11.5 Å². The van der Waals surface area contributed by atoms with Gasteiger partial charge in [0.05, 0.1) is 5.56 Å². The highest BCUT2D eigenvalue weighted by Gasteiger charge is 2.45. The smallest absolute Gasteiger partial charge is 0.336 e. The number of benzene rings is 3. The minimum absolute atomic E-state index is 0.105. The Bertz CT molecular complexity index is 2140. The van der Waals surface area contributed by atoms with Crippen LogP contribution < -0.4 is 15.2 Å². The molecule has 3 N–H and O–H groups in total. The molecule has 11 heteroatoms. The van der Waals surface area contributed by atoms with Gasteiger partial charge in [-0.05, 0) is 74.8 Å². The third-order valence-corrected chi connectivity index (χ3v) is 11.7. The predicted octanol–water partition coefficient (Wildman–Crippen LogP) is 4.62. The summed E-state index contributed by atoms with van der Waals surface area (Å²) in [5.74, 6) is -2.19. The van der Waals surface area contributed by atoms with E-state index in [4.69, 9.17) is 4.74 Å². The quantitative estimate of drug-likeness (QED) is 0.276. The average Bonchev–Trinajstić information content (AvgIpc) is 3.24. The van der Waals surface area contributed by atoms with Gasteiger partial charge in [-0.2, -0.15) is 16.8 Å². The number of carboxylic acid groups (broad SMARTS) is 1. The van der Waals surface area contributed by atoms with Crippen LogP contribution in [0.4, 0.5) is 0 Å². The molecule has 1 aliphatic heterocycles. The summed E-state index contributed by atoms with van der Waals surface area (Å²) in [5.41, 5.74) is 1.16. The summed E-state index contributed by atoms with van der Waals surface area (Å²) in [6.45, 7) is 11.7. The van der Waals surface area contributed by atoms with Gasteiger partial charge in [-0.25, -0.2) is 4.79 Å². The third kappa shape index (κ3) is 4.20. The third-order valence-electron chi connectivity index (χ3n) is 9.85. The highest BCUT2D eigenvalue weighted by atomic mass is 32.2. The molecule has 2 unspecified atom stereocenters. The summed E-state index contributed by atoms with van der Waals surface area (Å²) in [6, 6.07) is 9.64. The SMILES string of the molecule is CC1c2cc3c(c(S(=O)(=O)O)c2CC1(C)C)Oc1c(S(=O)(=O)O)c2c(cc1=C3c1ccccc1C(=O)O)C(C)(C)C(C)C=2. The summed E-state index contributed by atoms with van der Waals surface area (Å²) >= 11 is 0. The van der Waals surface area contributed by atoms with Gasteiger partial charge in [0.25, 0.3) is 20.2 Å². The van der Waals surface area contributed by atoms with Gasteiger partial charge in [-0.1, -0.05) is 65.8 Å². The van der Waals surface area contributed by atoms with Crippen molar-refractivity contribution in [3.8, 4) is 11.5 Å². The molecule has 0 bridgehead atoms. The molecule has 3 aromatic carbocycles. The molecule has 9 nitrogen and oxygen atoms in total. The zero-order valence-corrected chi connectivity index (χ0v) is 26.1. The first-order valence-corrected chi connectivity index (χ1v) is 16.7. The van der Waals surface area contributed by atoms with Crippen LogP contribution in [-0.2, 0) is 32.1 Å². The number of rotatable bonds is 4. The van der Waals surface area contributed by atoms with Crippen LogP contribution in [0.1, 0.15) is 85.6 Å². The molecular weight excluding hydrogens is 592 g/mol. The summed E-state index contributed by atoms with van der Waals surface area (Å²) in [5, 5.41) is 10.6. The fraction of sp³-hybridized carbons (Fsp3) is 0.344. The number of fused-ring (bicyclic) bond motifs is 4. The van der Waals surface area contributed by atoms with Crippen molar-refractivity contribution in [2.45, 2.75) is 69.1 Å². The molecule has 226 valence electrons. The molecule has 0 aromatic heterocycles. The zero-order chi connectivity index (χ0) is 31.6. The number of aromatic carboxylic acids is 1. The molecule has 0 fully saturated rings. The second kappa shape index (κ2) is 9.01. The van der Waals surface area contributed by atoms with E-state index in [-0.39, 0.29) is 62.5 Å². The van der Waals surface area contributed by atoms with Crippen molar-refractivity contribution in [3.63, 3.8) is 0 Å². The topological polar surface area (TPSA) is 155 Å². The Balaban J connectivity index is 1.92. The molecule has 2 aliphatic carbocycles. The highest BCUT2D eigenvalue weighted by molar-refractivity contribution is 7.86. The Labute approximate surface area is 250 Å². The van der Waals surface area contributed by atoms with Crippen molar-refractivity contribution in [1.82, 2.24) is 0 Å². The maximum absolute atomic E-state index is 13.1. The maximum atomic E-state index is 13.1. The van der Waals surface area contributed by atoms with E-state index >= 15 is 0 Å². The normalized spacial score (nSPS) is 21.3. The highest BCUT2D eigenvalue weighted by Crippen LogP contribution is 2.54. The number of hydrogen-bond acceptors (Lipinski definition) is 6. The van der Waals surface area contributed by atoms with Crippen molar-refractivity contribution < 1.29 is 40.6 Å². The molecule has 3 aliphatic rings. The largest absolute Gasteiger partial charge is 0.478 e. The van der Waals surface area contributed by atoms with Crippen LogP contribution in [-0.4, -0.2) is 37.0 Å². The Morgan fingerprint density at radius 1 is 0.907 bits per heavy atom. The number of ether oxygens (including phenoxy) is 1. The van der Waals surface area contributed by atoms with Gasteiger partial charge in [0.2, 0.25) is 0 Å². The van der Waals surface area contributed by atoms with Crippen LogP contribution in [0.2, 0.25) is 0 Å². The number of carboxylic acids is 1. The lowest BCUT2D eigenvalue weighted by molar-refractivity contribution is 0.0696. The molecule has 43 heavy (non-hydrogen) atoms. The van der Waals surface area contributed by atoms with Gasteiger partial charge < -0.3 is 9.84 Å². The first-order valence-electron chi connectivity index (χ1n) is 13.9. The second-order valence-corrected chi connectivity index (χ2v) is 15.8. The van der Waals surface area contributed by atoms with Crippen molar-refractivity contribution in [1.29, 1.82) is 0 Å². The summed E-state index contributed by atoms with van der Waals surface area (Å²) < 4.78 is 79.9. The van der Waals surface area contributed by atoms with E-state index in [0.29, 0.717) is 16.7 Å². The van der Waals surface area contributed by atoms with E-state index < -0.39 is 46.8 Å². The minimum atomic E-state index is -4.96. The summed E-state index contributed by atoms with van der Waals surface area (Å²) in [6.07, 6.45) is 2.01. The van der Waals surface area contributed by atoms with Crippen LogP contribution in [0, 0.1) is 11.3 Å². The van der Waals surface area contributed by atoms with Crippen molar-refractivity contribution >= 4 is 37.9 Å². The average molecular weight is 625 g/mol. The first kappa shape index (κ1) is 29.6. The lowest BCUT2D eigenvalue weighted by Gasteiger charge is -2.29. The van der Waals surface area contributed by atoms with Gasteiger partial charge in [-0.15, -0.1) is 0 Å². The fourth-order valence-electron chi connectivity index (χ4n) is 6.88. The van der Waals surface area contributed by atoms with Crippen LogP contribution in [0.3, 0.4) is 0 Å². The van der Waals surface area contributed by atoms with Crippen LogP contribution >= 0.6 is 0 Å². The van der Waals surface area contributed by atoms with E-state index in [1.807, 2.05) is 41.5 Å². The van der Waals surface area contributed by atoms with Crippen LogP contribution in [0.15, 0.2) is 46.2 Å². The van der Waals surface area contributed by atoms with Crippen molar-refractivity contribution in [2.75, 3.05) is 0 Å². The number of hydrogen-bond donors (Lipinski definition) is 3. The predicted molar refractivity (Wildman–Crippen MR) is 159 cm³/mol. The van der Waals surface area contributed by atoms with E-state index in [1.165, 1.54) is 6.07 Å². The van der Waals surface area contributed by atoms with E-state index in [1.54, 1.807) is 36.4 Å². The molecule has 3 aromatic rings. The van der Waals surface area contributed by atoms with Crippen LogP contribution in [0.25, 0.3) is 11.6 Å². The molecule has 6 rings (SSSR count). The molecular formula is C32H32O9S2. The van der Waals surface area contributed by atoms with E-state index in [9.17, 15) is 35.8 Å². The number of carbonyl (C=O) groups is 1. The molecule has 0 spiro atoms. The lowest BCUT2D eigenvalue weighted by atomic mass is 9.78. The molecule has 0 radical (unpaired) electrons. The minimum Gasteiger partial charge on any atom is -0.478 e.